The number of amides is 1. The van der Waals surface area contributed by atoms with Crippen molar-refractivity contribution in [3.63, 3.8) is 0 Å². The van der Waals surface area contributed by atoms with Crippen molar-refractivity contribution in [3.8, 4) is 11.4 Å². The van der Waals surface area contributed by atoms with Crippen molar-refractivity contribution >= 4 is 23.4 Å². The molecule has 1 aliphatic rings. The molecule has 1 aromatic carbocycles. The van der Waals surface area contributed by atoms with E-state index >= 15 is 0 Å². The SMILES string of the molecule is CCn1c(SC2(C(=O)Nc3ccc(C(C)C)cc3)CCC2)nnc1-c1cc(F)ncc1F. The van der Waals surface area contributed by atoms with Crippen LogP contribution in [0.3, 0.4) is 0 Å². The summed E-state index contributed by atoms with van der Waals surface area (Å²) in [6.07, 6.45) is 3.18. The number of benzene rings is 1. The third kappa shape index (κ3) is 4.26. The topological polar surface area (TPSA) is 72.7 Å². The maximum Gasteiger partial charge on any atom is 0.241 e. The number of nitrogens with one attached hydrogen (secondary N) is 1. The number of anilines is 1. The van der Waals surface area contributed by atoms with Gasteiger partial charge < -0.3 is 9.88 Å². The van der Waals surface area contributed by atoms with E-state index in [1.54, 1.807) is 4.57 Å². The molecule has 2 aromatic heterocycles. The van der Waals surface area contributed by atoms with Crippen LogP contribution in [0, 0.1) is 11.8 Å². The Kier molecular flexibility index (Phi) is 6.28. The normalized spacial score (nSPS) is 14.9. The summed E-state index contributed by atoms with van der Waals surface area (Å²) in [5.41, 5.74) is 1.95. The molecule has 0 aliphatic heterocycles. The molecule has 32 heavy (non-hydrogen) atoms. The van der Waals surface area contributed by atoms with Gasteiger partial charge in [0.25, 0.3) is 0 Å². The van der Waals surface area contributed by atoms with E-state index < -0.39 is 16.5 Å². The zero-order valence-electron chi connectivity index (χ0n) is 18.2. The van der Waals surface area contributed by atoms with Gasteiger partial charge in [0.1, 0.15) is 4.75 Å². The Bertz CT molecular complexity index is 1130. The van der Waals surface area contributed by atoms with E-state index in [0.29, 0.717) is 30.5 Å². The number of nitrogens with zero attached hydrogens (tertiary/aromatic N) is 4. The van der Waals surface area contributed by atoms with Crippen LogP contribution in [0.15, 0.2) is 41.7 Å². The number of carbonyl (C=O) groups excluding carboxylic acids is 1. The second-order valence-electron chi connectivity index (χ2n) is 8.22. The molecule has 1 fully saturated rings. The lowest BCUT2D eigenvalue weighted by molar-refractivity contribution is -0.120. The molecule has 9 heteroatoms. The molecule has 1 saturated carbocycles. The van der Waals surface area contributed by atoms with Crippen LogP contribution in [0.5, 0.6) is 0 Å². The Morgan fingerprint density at radius 1 is 1.22 bits per heavy atom. The number of rotatable bonds is 7. The molecule has 0 radical (unpaired) electrons. The summed E-state index contributed by atoms with van der Waals surface area (Å²) in [6, 6.07) is 8.87. The van der Waals surface area contributed by atoms with Gasteiger partial charge in [-0.25, -0.2) is 9.37 Å². The number of hydrogen-bond donors (Lipinski definition) is 1. The standard InChI is InChI=1S/C23H25F2N5OS/c1-4-30-20(17-12-19(25)26-13-18(17)24)28-29-22(30)32-23(10-5-11-23)21(31)27-16-8-6-15(7-9-16)14(2)3/h6-9,12-14H,4-5,10-11H2,1-3H3,(H,27,31). The average Bonchev–Trinajstić information content (AvgIpc) is 3.14. The number of carbonyl (C=O) groups is 1. The summed E-state index contributed by atoms with van der Waals surface area (Å²) in [6.45, 7) is 6.56. The molecule has 1 amide bonds. The first kappa shape index (κ1) is 22.4. The lowest BCUT2D eigenvalue weighted by Crippen LogP contribution is -2.46. The van der Waals surface area contributed by atoms with Gasteiger partial charge in [0.2, 0.25) is 11.9 Å². The summed E-state index contributed by atoms with van der Waals surface area (Å²) >= 11 is 1.34. The fourth-order valence-electron chi connectivity index (χ4n) is 3.68. The van der Waals surface area contributed by atoms with Gasteiger partial charge in [-0.15, -0.1) is 10.2 Å². The van der Waals surface area contributed by atoms with Crippen molar-refractivity contribution in [2.24, 2.45) is 0 Å². The van der Waals surface area contributed by atoms with Gasteiger partial charge in [-0.3, -0.25) is 4.79 Å². The number of halogens is 2. The van der Waals surface area contributed by atoms with Crippen LogP contribution in [0.4, 0.5) is 14.5 Å². The van der Waals surface area contributed by atoms with Crippen molar-refractivity contribution in [1.82, 2.24) is 19.7 Å². The Balaban J connectivity index is 1.57. The van der Waals surface area contributed by atoms with Crippen molar-refractivity contribution < 1.29 is 13.6 Å². The van der Waals surface area contributed by atoms with Gasteiger partial charge >= 0.3 is 0 Å². The highest BCUT2D eigenvalue weighted by atomic mass is 32.2. The van der Waals surface area contributed by atoms with Crippen LogP contribution < -0.4 is 5.32 Å². The van der Waals surface area contributed by atoms with Crippen molar-refractivity contribution in [1.29, 1.82) is 0 Å². The largest absolute Gasteiger partial charge is 0.325 e. The smallest absolute Gasteiger partial charge is 0.241 e. The van der Waals surface area contributed by atoms with Crippen LogP contribution in [0.1, 0.15) is 51.5 Å². The fourth-order valence-corrected chi connectivity index (χ4v) is 5.07. The fraction of sp³-hybridized carbons (Fsp3) is 0.391. The van der Waals surface area contributed by atoms with Gasteiger partial charge in [-0.1, -0.05) is 37.7 Å². The Labute approximate surface area is 189 Å². The molecule has 3 aromatic rings. The molecule has 0 atom stereocenters. The molecular weight excluding hydrogens is 432 g/mol. The minimum atomic E-state index is -0.792. The van der Waals surface area contributed by atoms with Gasteiger partial charge in [-0.05, 0) is 49.8 Å². The van der Waals surface area contributed by atoms with Crippen LogP contribution in [-0.2, 0) is 11.3 Å². The van der Waals surface area contributed by atoms with Crippen LogP contribution >= 0.6 is 11.8 Å². The van der Waals surface area contributed by atoms with Gasteiger partial charge in [-0.2, -0.15) is 4.39 Å². The first-order chi connectivity index (χ1) is 15.3. The molecule has 1 N–H and O–H groups in total. The minimum absolute atomic E-state index is 0.00365. The maximum atomic E-state index is 14.3. The first-order valence-electron chi connectivity index (χ1n) is 10.7. The summed E-state index contributed by atoms with van der Waals surface area (Å²) < 4.78 is 28.9. The Hall–Kier alpha value is -2.81. The Morgan fingerprint density at radius 3 is 2.53 bits per heavy atom. The molecule has 0 unspecified atom stereocenters. The predicted molar refractivity (Wildman–Crippen MR) is 120 cm³/mol. The van der Waals surface area contributed by atoms with Crippen molar-refractivity contribution in [2.75, 3.05) is 5.32 Å². The van der Waals surface area contributed by atoms with E-state index in [1.165, 1.54) is 17.3 Å². The second kappa shape index (κ2) is 8.97. The predicted octanol–water partition coefficient (Wildman–Crippen LogP) is 5.42. The zero-order valence-corrected chi connectivity index (χ0v) is 19.0. The number of thioether (sulfide) groups is 1. The van der Waals surface area contributed by atoms with Gasteiger partial charge in [0.15, 0.2) is 16.8 Å². The highest BCUT2D eigenvalue weighted by molar-refractivity contribution is 8.01. The summed E-state index contributed by atoms with van der Waals surface area (Å²) in [5, 5.41) is 11.8. The summed E-state index contributed by atoms with van der Waals surface area (Å²) in [4.78, 5) is 16.5. The first-order valence-corrected chi connectivity index (χ1v) is 11.5. The van der Waals surface area contributed by atoms with Crippen molar-refractivity contribution in [2.45, 2.75) is 62.4 Å². The highest BCUT2D eigenvalue weighted by Gasteiger charge is 2.46. The maximum absolute atomic E-state index is 14.3. The van der Waals surface area contributed by atoms with Crippen molar-refractivity contribution in [3.05, 3.63) is 53.9 Å². The minimum Gasteiger partial charge on any atom is -0.325 e. The van der Waals surface area contributed by atoms with E-state index in [2.05, 4.69) is 34.3 Å². The summed E-state index contributed by atoms with van der Waals surface area (Å²) in [5.74, 6) is -0.917. The van der Waals surface area contributed by atoms with Crippen LogP contribution in [0.25, 0.3) is 11.4 Å². The number of pyridine rings is 1. The second-order valence-corrected chi connectivity index (χ2v) is 9.57. The van der Waals surface area contributed by atoms with Gasteiger partial charge in [0, 0.05) is 18.3 Å². The van der Waals surface area contributed by atoms with E-state index in [0.717, 1.165) is 24.4 Å². The van der Waals surface area contributed by atoms with E-state index in [4.69, 9.17) is 0 Å². The third-order valence-electron chi connectivity index (χ3n) is 5.79. The molecule has 6 nitrogen and oxygen atoms in total. The highest BCUT2D eigenvalue weighted by Crippen LogP contribution is 2.48. The van der Waals surface area contributed by atoms with Crippen LogP contribution in [0.2, 0.25) is 0 Å². The van der Waals surface area contributed by atoms with Gasteiger partial charge in [0.05, 0.1) is 11.8 Å². The lowest BCUT2D eigenvalue weighted by Gasteiger charge is -2.38. The molecular formula is C23H25F2N5OS. The molecule has 0 bridgehead atoms. The third-order valence-corrected chi connectivity index (χ3v) is 7.26. The lowest BCUT2D eigenvalue weighted by atomic mass is 9.83. The molecule has 168 valence electrons. The summed E-state index contributed by atoms with van der Waals surface area (Å²) in [7, 11) is 0. The monoisotopic (exact) mass is 457 g/mol. The van der Waals surface area contributed by atoms with Crippen LogP contribution in [-0.4, -0.2) is 30.4 Å². The van der Waals surface area contributed by atoms with E-state index in [9.17, 15) is 13.6 Å². The average molecular weight is 458 g/mol. The number of hydrogen-bond acceptors (Lipinski definition) is 5. The molecule has 4 rings (SSSR count). The van der Waals surface area contributed by atoms with E-state index in [-0.39, 0.29) is 17.3 Å². The Morgan fingerprint density at radius 2 is 1.94 bits per heavy atom. The molecule has 0 saturated heterocycles. The quantitative estimate of drug-likeness (QED) is 0.480. The molecule has 1 aliphatic carbocycles. The number of aromatic nitrogens is 4. The zero-order chi connectivity index (χ0) is 22.9. The van der Waals surface area contributed by atoms with E-state index in [1.807, 2.05) is 31.2 Å². The molecule has 2 heterocycles. The molecule has 0 spiro atoms.